The molecule has 10 heteroatoms. The second-order valence-corrected chi connectivity index (χ2v) is 16.2. The average Bonchev–Trinajstić information content (AvgIpc) is 4.03. The summed E-state index contributed by atoms with van der Waals surface area (Å²) in [6.45, 7) is 4.92. The maximum absolute atomic E-state index is 13.2. The zero-order valence-electron chi connectivity index (χ0n) is 33.4. The third-order valence-electron chi connectivity index (χ3n) is 11.6. The number of rotatable bonds is 26. The fourth-order valence-electron chi connectivity index (χ4n) is 7.87. The van der Waals surface area contributed by atoms with E-state index in [1.165, 1.54) is 38.5 Å². The third kappa shape index (κ3) is 12.3. The molecule has 8 rings (SSSR count). The van der Waals surface area contributed by atoms with E-state index >= 15 is 0 Å². The van der Waals surface area contributed by atoms with E-state index in [1.807, 2.05) is 24.3 Å². The number of hydrogen-bond acceptors (Lipinski definition) is 10. The van der Waals surface area contributed by atoms with Crippen LogP contribution in [0.1, 0.15) is 97.8 Å². The van der Waals surface area contributed by atoms with Crippen LogP contribution >= 0.6 is 0 Å². The molecule has 4 aromatic rings. The van der Waals surface area contributed by atoms with Crippen LogP contribution in [-0.4, -0.2) is 76.0 Å². The highest BCUT2D eigenvalue weighted by Crippen LogP contribution is 2.36. The fourth-order valence-corrected chi connectivity index (χ4v) is 7.87. The lowest BCUT2D eigenvalue weighted by Crippen LogP contribution is -2.11. The number of ether oxygens (including phenoxy) is 8. The molecule has 4 saturated heterocycles. The van der Waals surface area contributed by atoms with Crippen molar-refractivity contribution in [1.29, 1.82) is 0 Å². The van der Waals surface area contributed by atoms with Gasteiger partial charge in [-0.3, -0.25) is 0 Å². The third-order valence-corrected chi connectivity index (χ3v) is 11.6. The first-order chi connectivity index (χ1) is 28.6. The zero-order chi connectivity index (χ0) is 39.5. The van der Waals surface area contributed by atoms with Gasteiger partial charge in [-0.2, -0.15) is 0 Å². The molecule has 0 saturated carbocycles. The molecule has 0 amide bonds. The highest BCUT2D eigenvalue weighted by atomic mass is 16.6. The smallest absolute Gasteiger partial charge is 0.343 e. The van der Waals surface area contributed by atoms with E-state index in [0.717, 1.165) is 76.5 Å². The molecule has 0 spiro atoms. The summed E-state index contributed by atoms with van der Waals surface area (Å²) >= 11 is 0. The van der Waals surface area contributed by atoms with Crippen LogP contribution in [0.2, 0.25) is 0 Å². The molecule has 0 radical (unpaired) electrons. The van der Waals surface area contributed by atoms with Crippen LogP contribution in [-0.2, 0) is 18.9 Å². The zero-order valence-corrected chi connectivity index (χ0v) is 33.4. The van der Waals surface area contributed by atoms with Crippen LogP contribution in [0.4, 0.5) is 0 Å². The van der Waals surface area contributed by atoms with E-state index in [2.05, 4.69) is 0 Å². The highest BCUT2D eigenvalue weighted by Gasteiger charge is 2.38. The standard InChI is InChI=1S/C48H56O10/c49-47(33-15-19-37(20-16-33)51-25-9-3-1-5-11-35(45-31-55-45)27-39-29-53-39)57-43-23-24-44(42-14-8-7-13-41(42)43)58-48(50)34-17-21-38(22-18-34)52-26-10-4-2-6-12-36(46-32-56-46)28-40-30-54-40/h7-8,13-24,35-36,39-40,45-46H,1-6,9-12,25-32H2. The largest absolute Gasteiger partial charge is 0.494 e. The Morgan fingerprint density at radius 1 is 0.500 bits per heavy atom. The Bertz CT molecular complexity index is 1790. The molecule has 4 aromatic carbocycles. The molecular formula is C48H56O10. The van der Waals surface area contributed by atoms with Crippen molar-refractivity contribution in [2.45, 2.75) is 101 Å². The number of unbranched alkanes of at least 4 members (excludes halogenated alkanes) is 6. The summed E-state index contributed by atoms with van der Waals surface area (Å²) in [6, 6.07) is 24.7. The van der Waals surface area contributed by atoms with Gasteiger partial charge in [0.25, 0.3) is 0 Å². The Hall–Kier alpha value is -4.48. The molecular weight excluding hydrogens is 737 g/mol. The lowest BCUT2D eigenvalue weighted by atomic mass is 9.93. The topological polar surface area (TPSA) is 121 Å². The van der Waals surface area contributed by atoms with Gasteiger partial charge >= 0.3 is 11.9 Å². The molecule has 58 heavy (non-hydrogen) atoms. The lowest BCUT2D eigenvalue weighted by molar-refractivity contribution is 0.0723. The van der Waals surface area contributed by atoms with Gasteiger partial charge in [0, 0.05) is 10.8 Å². The Kier molecular flexibility index (Phi) is 13.9. The van der Waals surface area contributed by atoms with Gasteiger partial charge in [-0.25, -0.2) is 9.59 Å². The molecule has 4 heterocycles. The van der Waals surface area contributed by atoms with Gasteiger partial charge in [0.05, 0.1) is 75.2 Å². The fraction of sp³-hybridized carbons (Fsp3) is 0.500. The predicted octanol–water partition coefficient (Wildman–Crippen LogP) is 9.54. The first-order valence-electron chi connectivity index (χ1n) is 21.4. The van der Waals surface area contributed by atoms with Gasteiger partial charge in [-0.05, 0) is 111 Å². The van der Waals surface area contributed by atoms with E-state index in [0.29, 0.717) is 82.9 Å². The summed E-state index contributed by atoms with van der Waals surface area (Å²) in [5.41, 5.74) is 0.821. The number of benzene rings is 4. The molecule has 0 bridgehead atoms. The van der Waals surface area contributed by atoms with Crippen molar-refractivity contribution in [3.63, 3.8) is 0 Å². The Morgan fingerprint density at radius 2 is 0.897 bits per heavy atom. The van der Waals surface area contributed by atoms with Gasteiger partial charge in [0.15, 0.2) is 0 Å². The van der Waals surface area contributed by atoms with Crippen molar-refractivity contribution >= 4 is 22.7 Å². The van der Waals surface area contributed by atoms with E-state index in [-0.39, 0.29) is 0 Å². The molecule has 6 atom stereocenters. The average molecular weight is 793 g/mol. The van der Waals surface area contributed by atoms with Gasteiger partial charge < -0.3 is 37.9 Å². The molecule has 4 fully saturated rings. The minimum atomic E-state index is -0.487. The quantitative estimate of drug-likeness (QED) is 0.0263. The van der Waals surface area contributed by atoms with E-state index in [9.17, 15) is 9.59 Å². The number of carbonyl (C=O) groups is 2. The predicted molar refractivity (Wildman–Crippen MR) is 219 cm³/mol. The van der Waals surface area contributed by atoms with Crippen molar-refractivity contribution in [2.75, 3.05) is 39.6 Å². The summed E-state index contributed by atoms with van der Waals surface area (Å²) in [5, 5.41) is 1.31. The minimum Gasteiger partial charge on any atom is -0.494 e. The van der Waals surface area contributed by atoms with Crippen LogP contribution < -0.4 is 18.9 Å². The normalized spacial score (nSPS) is 21.2. The van der Waals surface area contributed by atoms with E-state index in [4.69, 9.17) is 37.9 Å². The molecule has 0 aromatic heterocycles. The summed E-state index contributed by atoms with van der Waals surface area (Å²) < 4.78 is 45.5. The first kappa shape index (κ1) is 40.3. The summed E-state index contributed by atoms with van der Waals surface area (Å²) in [6.07, 6.45) is 15.5. The van der Waals surface area contributed by atoms with Crippen LogP contribution in [0.5, 0.6) is 23.0 Å². The lowest BCUT2D eigenvalue weighted by Gasteiger charge is -2.13. The second kappa shape index (κ2) is 20.0. The molecule has 308 valence electrons. The van der Waals surface area contributed by atoms with Crippen LogP contribution in [0, 0.1) is 11.8 Å². The Balaban J connectivity index is 0.741. The summed E-state index contributed by atoms with van der Waals surface area (Å²) in [7, 11) is 0. The van der Waals surface area contributed by atoms with Crippen molar-refractivity contribution in [3.05, 3.63) is 96.1 Å². The van der Waals surface area contributed by atoms with Crippen LogP contribution in [0.25, 0.3) is 10.8 Å². The molecule has 6 unspecified atom stereocenters. The second-order valence-electron chi connectivity index (χ2n) is 16.2. The highest BCUT2D eigenvalue weighted by molar-refractivity contribution is 6.00. The molecule has 0 aliphatic carbocycles. The summed E-state index contributed by atoms with van der Waals surface area (Å²) in [4.78, 5) is 26.4. The summed E-state index contributed by atoms with van der Waals surface area (Å²) in [5.74, 6) is 2.50. The maximum Gasteiger partial charge on any atom is 0.343 e. The number of epoxide rings is 4. The first-order valence-corrected chi connectivity index (χ1v) is 21.4. The van der Waals surface area contributed by atoms with Crippen molar-refractivity contribution in [1.82, 2.24) is 0 Å². The monoisotopic (exact) mass is 792 g/mol. The van der Waals surface area contributed by atoms with E-state index in [1.54, 1.807) is 60.7 Å². The van der Waals surface area contributed by atoms with Crippen LogP contribution in [0.15, 0.2) is 84.9 Å². The van der Waals surface area contributed by atoms with Crippen molar-refractivity contribution in [3.8, 4) is 23.0 Å². The van der Waals surface area contributed by atoms with Gasteiger partial charge in [-0.1, -0.05) is 62.8 Å². The van der Waals surface area contributed by atoms with Gasteiger partial charge in [0.2, 0.25) is 0 Å². The molecule has 0 N–H and O–H groups in total. The number of esters is 2. The van der Waals surface area contributed by atoms with Gasteiger partial charge in [0.1, 0.15) is 23.0 Å². The van der Waals surface area contributed by atoms with Gasteiger partial charge in [-0.15, -0.1) is 0 Å². The maximum atomic E-state index is 13.2. The van der Waals surface area contributed by atoms with Crippen LogP contribution in [0.3, 0.4) is 0 Å². The van der Waals surface area contributed by atoms with Crippen molar-refractivity contribution < 1.29 is 47.5 Å². The minimum absolute atomic E-state index is 0.375. The Morgan fingerprint density at radius 3 is 1.28 bits per heavy atom. The van der Waals surface area contributed by atoms with E-state index < -0.39 is 11.9 Å². The molecule has 10 nitrogen and oxygen atoms in total. The SMILES string of the molecule is O=C(Oc1ccc(OC(=O)c2ccc(OCCCCCCC(CC3CO3)C3CO3)cc2)c2ccccc12)c1ccc(OCCCCCCC(CC2CO2)C2CO2)cc1. The molecule has 4 aliphatic heterocycles. The number of fused-ring (bicyclic) bond motifs is 1. The number of hydrogen-bond donors (Lipinski definition) is 0. The molecule has 4 aliphatic rings. The van der Waals surface area contributed by atoms with Crippen molar-refractivity contribution in [2.24, 2.45) is 11.8 Å². The number of carbonyl (C=O) groups excluding carboxylic acids is 2. The Labute approximate surface area is 341 Å².